The summed E-state index contributed by atoms with van der Waals surface area (Å²) >= 11 is 1.31. The molecule has 1 N–H and O–H groups in total. The van der Waals surface area contributed by atoms with Crippen LogP contribution in [0.3, 0.4) is 0 Å². The van der Waals surface area contributed by atoms with Crippen molar-refractivity contribution in [3.63, 3.8) is 0 Å². The van der Waals surface area contributed by atoms with Crippen molar-refractivity contribution >= 4 is 38.0 Å². The van der Waals surface area contributed by atoms with Crippen LogP contribution in [-0.2, 0) is 27.9 Å². The molecule has 1 aliphatic rings. The summed E-state index contributed by atoms with van der Waals surface area (Å²) in [6, 6.07) is 6.54. The molecule has 1 aliphatic heterocycles. The molecule has 0 saturated heterocycles. The average molecular weight is 379 g/mol. The van der Waals surface area contributed by atoms with E-state index < -0.39 is 14.9 Å². The Morgan fingerprint density at radius 3 is 2.56 bits per heavy atom. The first-order valence-electron chi connectivity index (χ1n) is 7.11. The van der Waals surface area contributed by atoms with Crippen molar-refractivity contribution in [3.8, 4) is 0 Å². The molecule has 8 nitrogen and oxygen atoms in total. The van der Waals surface area contributed by atoms with E-state index >= 15 is 0 Å². The maximum Gasteiger partial charge on any atom is 0.269 e. The van der Waals surface area contributed by atoms with Gasteiger partial charge < -0.3 is 5.32 Å². The number of amides is 1. The number of carbonyl (C=O) groups excluding carboxylic acids is 1. The smallest absolute Gasteiger partial charge is 0.269 e. The lowest BCUT2D eigenvalue weighted by Gasteiger charge is -2.15. The molecule has 2 aromatic rings. The fourth-order valence-electron chi connectivity index (χ4n) is 2.43. The Bertz CT molecular complexity index is 940. The quantitative estimate of drug-likeness (QED) is 0.488. The summed E-state index contributed by atoms with van der Waals surface area (Å²) in [5.41, 5.74) is 0.664. The number of fused-ring (bicyclic) bond motifs is 1. The molecule has 3 rings (SSSR count). The van der Waals surface area contributed by atoms with Crippen molar-refractivity contribution in [2.24, 2.45) is 0 Å². The number of hydrogen-bond acceptors (Lipinski definition) is 6. The molecule has 1 aromatic carbocycles. The van der Waals surface area contributed by atoms with Crippen LogP contribution in [0.15, 0.2) is 47.9 Å². The lowest BCUT2D eigenvalue weighted by Crippen LogP contribution is -2.25. The minimum atomic E-state index is -3.75. The number of rotatable bonds is 5. The molecular formula is C15H13N3O5S2. The number of nitrogens with one attached hydrogen (secondary N) is 1. The van der Waals surface area contributed by atoms with Gasteiger partial charge in [0.05, 0.1) is 14.8 Å². The second kappa shape index (κ2) is 6.39. The van der Waals surface area contributed by atoms with Crippen molar-refractivity contribution in [1.82, 2.24) is 4.31 Å². The van der Waals surface area contributed by atoms with Crippen molar-refractivity contribution < 1.29 is 18.1 Å². The normalized spacial score (nSPS) is 14.1. The number of nitro benzene ring substituents is 1. The van der Waals surface area contributed by atoms with Gasteiger partial charge in [0.1, 0.15) is 0 Å². The van der Waals surface area contributed by atoms with Crippen LogP contribution in [-0.4, -0.2) is 23.6 Å². The fourth-order valence-corrected chi connectivity index (χ4v) is 4.99. The third kappa shape index (κ3) is 3.31. The molecule has 2 heterocycles. The molecule has 0 fully saturated rings. The number of benzene rings is 1. The second-order valence-corrected chi connectivity index (χ2v) is 8.35. The molecule has 1 amide bonds. The zero-order valence-electron chi connectivity index (χ0n) is 12.8. The predicted octanol–water partition coefficient (Wildman–Crippen LogP) is 2.49. The van der Waals surface area contributed by atoms with E-state index in [0.29, 0.717) is 5.00 Å². The number of hydrogen-bond donors (Lipinski definition) is 1. The lowest BCUT2D eigenvalue weighted by molar-refractivity contribution is -0.384. The Kier molecular flexibility index (Phi) is 4.41. The predicted molar refractivity (Wildman–Crippen MR) is 92.7 cm³/mol. The summed E-state index contributed by atoms with van der Waals surface area (Å²) in [4.78, 5) is 22.3. The van der Waals surface area contributed by atoms with E-state index in [1.54, 1.807) is 6.07 Å². The summed E-state index contributed by atoms with van der Waals surface area (Å²) in [5.74, 6) is -0.324. The zero-order valence-corrected chi connectivity index (χ0v) is 14.5. The van der Waals surface area contributed by atoms with Crippen LogP contribution in [0.5, 0.6) is 0 Å². The maximum atomic E-state index is 12.7. The number of nitro groups is 1. The molecule has 130 valence electrons. The van der Waals surface area contributed by atoms with Crippen LogP contribution >= 0.6 is 11.3 Å². The highest BCUT2D eigenvalue weighted by atomic mass is 32.2. The van der Waals surface area contributed by atoms with Gasteiger partial charge in [-0.3, -0.25) is 14.9 Å². The van der Waals surface area contributed by atoms with Gasteiger partial charge in [0.25, 0.3) is 5.69 Å². The summed E-state index contributed by atoms with van der Waals surface area (Å²) in [5, 5.41) is 14.0. The Balaban J connectivity index is 1.78. The molecule has 25 heavy (non-hydrogen) atoms. The van der Waals surface area contributed by atoms with Gasteiger partial charge in [0.2, 0.25) is 15.9 Å². The minimum Gasteiger partial charge on any atom is -0.314 e. The van der Waals surface area contributed by atoms with Crippen LogP contribution in [0.1, 0.15) is 10.4 Å². The van der Waals surface area contributed by atoms with E-state index in [4.69, 9.17) is 0 Å². The van der Waals surface area contributed by atoms with E-state index in [-0.39, 0.29) is 29.6 Å². The molecule has 10 heteroatoms. The minimum absolute atomic E-state index is 0.00781. The van der Waals surface area contributed by atoms with Gasteiger partial charge in [0, 0.05) is 30.1 Å². The standard InChI is InChI=1S/C15H13N3O5S2/c1-2-14(19)16-15-7-10-8-17(9-13(10)24-15)25(22,23)12-5-3-11(4-6-12)18(20)21/h2-7H,1,8-9H2,(H,16,19). The van der Waals surface area contributed by atoms with Crippen LogP contribution in [0.4, 0.5) is 10.7 Å². The molecule has 0 saturated carbocycles. The first-order chi connectivity index (χ1) is 11.8. The first kappa shape index (κ1) is 17.3. The highest BCUT2D eigenvalue weighted by Gasteiger charge is 2.32. The Hall–Kier alpha value is -2.56. The van der Waals surface area contributed by atoms with Crippen LogP contribution < -0.4 is 5.32 Å². The van der Waals surface area contributed by atoms with Gasteiger partial charge in [-0.15, -0.1) is 11.3 Å². The third-order valence-electron chi connectivity index (χ3n) is 3.68. The molecule has 0 radical (unpaired) electrons. The van der Waals surface area contributed by atoms with Crippen molar-refractivity contribution in [2.45, 2.75) is 18.0 Å². The number of thiophene rings is 1. The van der Waals surface area contributed by atoms with Gasteiger partial charge in [0.15, 0.2) is 0 Å². The molecule has 0 atom stereocenters. The van der Waals surface area contributed by atoms with E-state index in [9.17, 15) is 23.3 Å². The van der Waals surface area contributed by atoms with E-state index in [0.717, 1.165) is 16.5 Å². The number of nitrogens with zero attached hydrogens (tertiary/aromatic N) is 2. The highest BCUT2D eigenvalue weighted by molar-refractivity contribution is 7.89. The first-order valence-corrected chi connectivity index (χ1v) is 9.36. The monoisotopic (exact) mass is 379 g/mol. The summed E-state index contributed by atoms with van der Waals surface area (Å²) in [7, 11) is -3.75. The Morgan fingerprint density at radius 1 is 1.32 bits per heavy atom. The van der Waals surface area contributed by atoms with Crippen LogP contribution in [0.25, 0.3) is 0 Å². The number of sulfonamides is 1. The Morgan fingerprint density at radius 2 is 2.00 bits per heavy atom. The summed E-state index contributed by atoms with van der Waals surface area (Å²) in [6.07, 6.45) is 1.16. The van der Waals surface area contributed by atoms with Gasteiger partial charge in [-0.2, -0.15) is 4.31 Å². The molecule has 0 bridgehead atoms. The van der Waals surface area contributed by atoms with Gasteiger partial charge >= 0.3 is 0 Å². The van der Waals surface area contributed by atoms with E-state index in [1.807, 2.05) is 0 Å². The van der Waals surface area contributed by atoms with Crippen molar-refractivity contribution in [3.05, 3.63) is 63.5 Å². The van der Waals surface area contributed by atoms with Crippen LogP contribution in [0.2, 0.25) is 0 Å². The second-order valence-electron chi connectivity index (χ2n) is 5.28. The van der Waals surface area contributed by atoms with Crippen molar-refractivity contribution in [1.29, 1.82) is 0 Å². The Labute approximate surface area is 147 Å². The zero-order chi connectivity index (χ0) is 18.2. The van der Waals surface area contributed by atoms with E-state index in [2.05, 4.69) is 11.9 Å². The SMILES string of the molecule is C=CC(=O)Nc1cc2c(s1)CN(S(=O)(=O)c1ccc([N+](=O)[O-])cc1)C2. The largest absolute Gasteiger partial charge is 0.314 e. The average Bonchev–Trinajstić information content (AvgIpc) is 3.13. The van der Waals surface area contributed by atoms with Crippen LogP contribution in [0, 0.1) is 10.1 Å². The number of carbonyl (C=O) groups is 1. The topological polar surface area (TPSA) is 110 Å². The molecule has 1 aromatic heterocycles. The third-order valence-corrected chi connectivity index (χ3v) is 6.56. The molecule has 0 unspecified atom stereocenters. The summed E-state index contributed by atoms with van der Waals surface area (Å²) < 4.78 is 26.6. The van der Waals surface area contributed by atoms with Crippen molar-refractivity contribution in [2.75, 3.05) is 5.32 Å². The van der Waals surface area contributed by atoms with Gasteiger partial charge in [-0.05, 0) is 29.8 Å². The molecular weight excluding hydrogens is 366 g/mol. The summed E-state index contributed by atoms with van der Waals surface area (Å²) in [6.45, 7) is 3.77. The number of non-ortho nitro benzene ring substituents is 1. The maximum absolute atomic E-state index is 12.7. The highest BCUT2D eigenvalue weighted by Crippen LogP contribution is 2.36. The molecule has 0 aliphatic carbocycles. The lowest BCUT2D eigenvalue weighted by atomic mass is 10.3. The van der Waals surface area contributed by atoms with Gasteiger partial charge in [-0.1, -0.05) is 6.58 Å². The molecule has 0 spiro atoms. The van der Waals surface area contributed by atoms with Gasteiger partial charge in [-0.25, -0.2) is 8.42 Å². The fraction of sp³-hybridized carbons (Fsp3) is 0.133. The van der Waals surface area contributed by atoms with E-state index in [1.165, 1.54) is 39.9 Å². The number of anilines is 1.